The summed E-state index contributed by atoms with van der Waals surface area (Å²) in [5, 5.41) is 2.70. The second kappa shape index (κ2) is 8.60. The zero-order valence-corrected chi connectivity index (χ0v) is 17.4. The molecule has 2 aromatic rings. The molecule has 1 N–H and O–H groups in total. The predicted octanol–water partition coefficient (Wildman–Crippen LogP) is 2.65. The van der Waals surface area contributed by atoms with E-state index in [-0.39, 0.29) is 12.6 Å². The van der Waals surface area contributed by atoms with Gasteiger partial charge in [-0.1, -0.05) is 0 Å². The van der Waals surface area contributed by atoms with E-state index in [1.807, 2.05) is 13.8 Å². The van der Waals surface area contributed by atoms with Crippen LogP contribution in [0.3, 0.4) is 0 Å². The predicted molar refractivity (Wildman–Crippen MR) is 110 cm³/mol. The third-order valence-electron chi connectivity index (χ3n) is 4.01. The molecule has 8 nitrogen and oxygen atoms in total. The Morgan fingerprint density at radius 3 is 2.38 bits per heavy atom. The number of nitrogens with one attached hydrogen (secondary N) is 1. The minimum atomic E-state index is -3.70. The fourth-order valence-corrected chi connectivity index (χ4v) is 3.66. The van der Waals surface area contributed by atoms with E-state index < -0.39 is 15.9 Å². The number of amides is 1. The van der Waals surface area contributed by atoms with Crippen molar-refractivity contribution >= 4 is 27.3 Å². The number of fused-ring (bicyclic) bond motifs is 1. The molecule has 1 heterocycles. The normalized spacial score (nSPS) is 13.1. The highest BCUT2D eigenvalue weighted by molar-refractivity contribution is 7.92. The van der Waals surface area contributed by atoms with Gasteiger partial charge >= 0.3 is 0 Å². The Kier molecular flexibility index (Phi) is 6.17. The average Bonchev–Trinajstić information content (AvgIpc) is 2.66. The van der Waals surface area contributed by atoms with E-state index in [0.29, 0.717) is 41.8 Å². The fraction of sp³-hybridized carbons (Fsp3) is 0.350. The second-order valence-electron chi connectivity index (χ2n) is 6.84. The Morgan fingerprint density at radius 1 is 1.10 bits per heavy atom. The van der Waals surface area contributed by atoms with Gasteiger partial charge in [0, 0.05) is 11.8 Å². The molecule has 3 rings (SSSR count). The lowest BCUT2D eigenvalue weighted by Crippen LogP contribution is -2.37. The number of ether oxygens (including phenoxy) is 3. The van der Waals surface area contributed by atoms with E-state index in [9.17, 15) is 13.2 Å². The molecule has 0 saturated carbocycles. The number of sulfonamides is 1. The standard InChI is InChI=1S/C20H24N2O6S/c1-14(2)28-17-7-4-15(5-8-17)21-20(23)13-22(29(3,24)25)16-6-9-18-19(12-16)27-11-10-26-18/h4-9,12,14H,10-11,13H2,1-3H3,(H,21,23). The Balaban J connectivity index is 1.73. The number of hydrogen-bond donors (Lipinski definition) is 1. The first-order chi connectivity index (χ1) is 13.7. The Hall–Kier alpha value is -2.94. The van der Waals surface area contributed by atoms with Crippen molar-refractivity contribution in [2.75, 3.05) is 35.6 Å². The van der Waals surface area contributed by atoms with Crippen LogP contribution < -0.4 is 23.8 Å². The summed E-state index contributed by atoms with van der Waals surface area (Å²) < 4.78 is 42.1. The van der Waals surface area contributed by atoms with Crippen LogP contribution >= 0.6 is 0 Å². The molecule has 1 aliphatic heterocycles. The third-order valence-corrected chi connectivity index (χ3v) is 5.15. The molecular formula is C20H24N2O6S. The third kappa shape index (κ3) is 5.54. The van der Waals surface area contributed by atoms with Crippen LogP contribution in [0.15, 0.2) is 42.5 Å². The molecule has 0 bridgehead atoms. The molecule has 0 spiro atoms. The van der Waals surface area contributed by atoms with Crippen molar-refractivity contribution in [2.45, 2.75) is 20.0 Å². The molecule has 0 fully saturated rings. The Bertz CT molecular complexity index is 973. The number of rotatable bonds is 7. The van der Waals surface area contributed by atoms with Gasteiger partial charge in [-0.05, 0) is 50.2 Å². The van der Waals surface area contributed by atoms with Gasteiger partial charge in [0.2, 0.25) is 15.9 Å². The molecule has 1 amide bonds. The summed E-state index contributed by atoms with van der Waals surface area (Å²) in [6.45, 7) is 4.29. The monoisotopic (exact) mass is 420 g/mol. The summed E-state index contributed by atoms with van der Waals surface area (Å²) in [5.41, 5.74) is 0.870. The molecule has 0 saturated heterocycles. The van der Waals surface area contributed by atoms with Gasteiger partial charge < -0.3 is 19.5 Å². The van der Waals surface area contributed by atoms with Gasteiger partial charge in [0.15, 0.2) is 11.5 Å². The second-order valence-corrected chi connectivity index (χ2v) is 8.74. The number of carbonyl (C=O) groups excluding carboxylic acids is 1. The van der Waals surface area contributed by atoms with Gasteiger partial charge in [-0.15, -0.1) is 0 Å². The highest BCUT2D eigenvalue weighted by Crippen LogP contribution is 2.34. The van der Waals surface area contributed by atoms with Crippen LogP contribution in [0.1, 0.15) is 13.8 Å². The van der Waals surface area contributed by atoms with Crippen LogP contribution in [-0.4, -0.2) is 46.4 Å². The number of carbonyl (C=O) groups is 1. The molecule has 0 aliphatic carbocycles. The minimum absolute atomic E-state index is 0.0461. The zero-order chi connectivity index (χ0) is 21.0. The summed E-state index contributed by atoms with van der Waals surface area (Å²) in [5.74, 6) is 1.21. The Morgan fingerprint density at radius 2 is 1.76 bits per heavy atom. The molecule has 156 valence electrons. The lowest BCUT2D eigenvalue weighted by atomic mass is 10.2. The highest BCUT2D eigenvalue weighted by Gasteiger charge is 2.23. The number of nitrogens with zero attached hydrogens (tertiary/aromatic N) is 1. The van der Waals surface area contributed by atoms with E-state index in [1.165, 1.54) is 0 Å². The van der Waals surface area contributed by atoms with Gasteiger partial charge in [0.1, 0.15) is 25.5 Å². The highest BCUT2D eigenvalue weighted by atomic mass is 32.2. The molecule has 2 aromatic carbocycles. The molecule has 0 atom stereocenters. The first-order valence-corrected chi connectivity index (χ1v) is 11.0. The maximum Gasteiger partial charge on any atom is 0.245 e. The van der Waals surface area contributed by atoms with Gasteiger partial charge in [-0.25, -0.2) is 8.42 Å². The van der Waals surface area contributed by atoms with Crippen LogP contribution in [0.4, 0.5) is 11.4 Å². The van der Waals surface area contributed by atoms with Crippen LogP contribution in [0.25, 0.3) is 0 Å². The Labute approximate surface area is 170 Å². The van der Waals surface area contributed by atoms with Crippen molar-refractivity contribution in [1.29, 1.82) is 0 Å². The van der Waals surface area contributed by atoms with Crippen LogP contribution in [0, 0.1) is 0 Å². The quantitative estimate of drug-likeness (QED) is 0.740. The smallest absolute Gasteiger partial charge is 0.245 e. The summed E-state index contributed by atoms with van der Waals surface area (Å²) in [4.78, 5) is 12.5. The lowest BCUT2D eigenvalue weighted by Gasteiger charge is -2.24. The number of hydrogen-bond acceptors (Lipinski definition) is 6. The topological polar surface area (TPSA) is 94.2 Å². The maximum atomic E-state index is 12.5. The average molecular weight is 420 g/mol. The molecule has 0 aromatic heterocycles. The molecule has 0 unspecified atom stereocenters. The number of anilines is 2. The van der Waals surface area contributed by atoms with E-state index >= 15 is 0 Å². The van der Waals surface area contributed by atoms with Gasteiger partial charge in [0.05, 0.1) is 18.0 Å². The van der Waals surface area contributed by atoms with Crippen LogP contribution in [0.5, 0.6) is 17.2 Å². The van der Waals surface area contributed by atoms with Gasteiger partial charge in [-0.3, -0.25) is 9.10 Å². The van der Waals surface area contributed by atoms with Gasteiger partial charge in [0.25, 0.3) is 0 Å². The zero-order valence-electron chi connectivity index (χ0n) is 16.5. The summed E-state index contributed by atoms with van der Waals surface area (Å²) in [6.07, 6.45) is 1.10. The molecule has 9 heteroatoms. The largest absolute Gasteiger partial charge is 0.491 e. The molecular weight excluding hydrogens is 396 g/mol. The van der Waals surface area contributed by atoms with Crippen LogP contribution in [0.2, 0.25) is 0 Å². The van der Waals surface area contributed by atoms with Crippen molar-refractivity contribution < 1.29 is 27.4 Å². The van der Waals surface area contributed by atoms with Crippen molar-refractivity contribution in [3.8, 4) is 17.2 Å². The van der Waals surface area contributed by atoms with E-state index in [1.54, 1.807) is 42.5 Å². The van der Waals surface area contributed by atoms with Crippen LogP contribution in [-0.2, 0) is 14.8 Å². The molecule has 0 radical (unpaired) electrons. The van der Waals surface area contributed by atoms with Crippen molar-refractivity contribution in [2.24, 2.45) is 0 Å². The van der Waals surface area contributed by atoms with E-state index in [4.69, 9.17) is 14.2 Å². The van der Waals surface area contributed by atoms with E-state index in [2.05, 4.69) is 5.32 Å². The fourth-order valence-electron chi connectivity index (χ4n) is 2.81. The van der Waals surface area contributed by atoms with Crippen molar-refractivity contribution in [3.05, 3.63) is 42.5 Å². The van der Waals surface area contributed by atoms with Crippen molar-refractivity contribution in [1.82, 2.24) is 0 Å². The summed E-state index contributed by atoms with van der Waals surface area (Å²) in [6, 6.07) is 11.7. The molecule has 1 aliphatic rings. The number of benzene rings is 2. The maximum absolute atomic E-state index is 12.5. The molecule has 29 heavy (non-hydrogen) atoms. The first kappa shape index (κ1) is 20.8. The SMILES string of the molecule is CC(C)Oc1ccc(NC(=O)CN(c2ccc3c(c2)OCCO3)S(C)(=O)=O)cc1. The first-order valence-electron chi connectivity index (χ1n) is 9.16. The minimum Gasteiger partial charge on any atom is -0.491 e. The summed E-state index contributed by atoms with van der Waals surface area (Å²) in [7, 11) is -3.70. The van der Waals surface area contributed by atoms with Crippen molar-refractivity contribution in [3.63, 3.8) is 0 Å². The van der Waals surface area contributed by atoms with Gasteiger partial charge in [-0.2, -0.15) is 0 Å². The van der Waals surface area contributed by atoms with E-state index in [0.717, 1.165) is 10.6 Å². The summed E-state index contributed by atoms with van der Waals surface area (Å²) >= 11 is 0. The lowest BCUT2D eigenvalue weighted by molar-refractivity contribution is -0.114.